The van der Waals surface area contributed by atoms with Crippen molar-refractivity contribution in [1.29, 1.82) is 5.26 Å². The van der Waals surface area contributed by atoms with E-state index in [1.165, 1.54) is 54.6 Å². The molecule has 1 aromatic heterocycles. The van der Waals surface area contributed by atoms with Crippen molar-refractivity contribution >= 4 is 40.8 Å². The number of aromatic amines is 1. The fourth-order valence-electron chi connectivity index (χ4n) is 5.74. The minimum atomic E-state index is -6.38. The van der Waals surface area contributed by atoms with Crippen LogP contribution in [0.3, 0.4) is 0 Å². The number of amides is 1. The second-order valence-electron chi connectivity index (χ2n) is 13.7. The number of alkyl halides is 8. The Hall–Kier alpha value is -5.22. The number of anilines is 1. The van der Waals surface area contributed by atoms with Crippen molar-refractivity contribution in [3.05, 3.63) is 87.2 Å². The molecule has 1 unspecified atom stereocenters. The van der Waals surface area contributed by atoms with Crippen LogP contribution in [-0.4, -0.2) is 74.6 Å². The number of likely N-dealkylation sites (N-methyl/N-ethyl adjacent to an activating group) is 1. The van der Waals surface area contributed by atoms with Gasteiger partial charge in [0.25, 0.3) is 5.91 Å². The molecule has 2 N–H and O–H groups in total. The van der Waals surface area contributed by atoms with E-state index in [2.05, 4.69) is 11.2 Å². The maximum absolute atomic E-state index is 14.5. The number of H-pyrrole nitrogens is 1. The van der Waals surface area contributed by atoms with Gasteiger partial charge >= 0.3 is 30.2 Å². The predicted octanol–water partition coefficient (Wildman–Crippen LogP) is 7.87. The highest BCUT2D eigenvalue weighted by Gasteiger charge is 2.64. The van der Waals surface area contributed by atoms with Crippen molar-refractivity contribution in [2.24, 2.45) is 5.41 Å². The van der Waals surface area contributed by atoms with Crippen molar-refractivity contribution in [3.63, 3.8) is 0 Å². The molecule has 2 heterocycles. The lowest BCUT2D eigenvalue weighted by molar-refractivity contribution is -0.292. The number of nitrogens with zero attached hydrogens (tertiary/aromatic N) is 5. The van der Waals surface area contributed by atoms with Gasteiger partial charge in [-0.3, -0.25) is 19.8 Å². The van der Waals surface area contributed by atoms with Crippen molar-refractivity contribution in [3.8, 4) is 6.07 Å². The van der Waals surface area contributed by atoms with Gasteiger partial charge in [-0.2, -0.15) is 45.5 Å². The lowest BCUT2D eigenvalue weighted by atomic mass is 9.91. The number of carboxylic acid groups (broad SMARTS) is 1. The summed E-state index contributed by atoms with van der Waals surface area (Å²) in [5.74, 6) is -10.3. The first-order valence-electron chi connectivity index (χ1n) is 15.7. The van der Waals surface area contributed by atoms with Crippen LogP contribution in [0.5, 0.6) is 0 Å². The summed E-state index contributed by atoms with van der Waals surface area (Å²) in [7, 11) is 1.21. The molecule has 0 spiro atoms. The normalized spacial score (nSPS) is 16.7. The first-order chi connectivity index (χ1) is 24.8. The molecule has 0 saturated heterocycles. The summed E-state index contributed by atoms with van der Waals surface area (Å²) in [5, 5.41) is 25.3. The largest absolute Gasteiger partial charge is 0.478 e. The van der Waals surface area contributed by atoms with Crippen LogP contribution in [0.1, 0.15) is 81.5 Å². The van der Waals surface area contributed by atoms with Crippen molar-refractivity contribution in [2.45, 2.75) is 63.7 Å². The molecular weight excluding hydrogens is 760 g/mol. The molecular formula is C34H29ClF8N6O5. The predicted molar refractivity (Wildman–Crippen MR) is 174 cm³/mol. The molecule has 3 aromatic rings. The van der Waals surface area contributed by atoms with Gasteiger partial charge in [0.15, 0.2) is 12.0 Å². The third-order valence-electron chi connectivity index (χ3n) is 8.70. The Morgan fingerprint density at radius 1 is 1.02 bits per heavy atom. The number of rotatable bonds is 9. The number of aromatic nitrogens is 2. The highest BCUT2D eigenvalue weighted by Crippen LogP contribution is 2.51. The number of carbonyl (C=O) groups is 3. The number of aromatic carboxylic acids is 1. The van der Waals surface area contributed by atoms with E-state index in [1.54, 1.807) is 20.8 Å². The van der Waals surface area contributed by atoms with E-state index in [0.717, 1.165) is 16.1 Å². The van der Waals surface area contributed by atoms with Crippen LogP contribution in [0.2, 0.25) is 5.02 Å². The summed E-state index contributed by atoms with van der Waals surface area (Å²) in [6.07, 6.45) is -12.1. The third kappa shape index (κ3) is 7.31. The van der Waals surface area contributed by atoms with Crippen LogP contribution in [0.15, 0.2) is 48.7 Å². The van der Waals surface area contributed by atoms with Gasteiger partial charge in [-0.05, 0) is 60.4 Å². The Balaban J connectivity index is 1.54. The topological polar surface area (TPSA) is 143 Å². The van der Waals surface area contributed by atoms with Crippen molar-refractivity contribution in [2.75, 3.05) is 18.6 Å². The molecule has 11 nitrogen and oxygen atoms in total. The van der Waals surface area contributed by atoms with Gasteiger partial charge in [0.2, 0.25) is 0 Å². The van der Waals surface area contributed by atoms with E-state index in [0.29, 0.717) is 5.01 Å². The zero-order chi connectivity index (χ0) is 40.3. The highest BCUT2D eigenvalue weighted by molar-refractivity contribution is 6.34. The van der Waals surface area contributed by atoms with E-state index in [-0.39, 0.29) is 52.2 Å². The molecule has 1 aliphatic heterocycles. The number of esters is 1. The van der Waals surface area contributed by atoms with E-state index < -0.39 is 70.4 Å². The zero-order valence-corrected chi connectivity index (χ0v) is 29.3. The lowest BCUT2D eigenvalue weighted by Gasteiger charge is -2.41. The molecule has 54 heavy (non-hydrogen) atoms. The molecule has 1 saturated carbocycles. The molecule has 1 amide bonds. The number of benzene rings is 2. The Bertz CT molecular complexity index is 2060. The monoisotopic (exact) mass is 788 g/mol. The lowest BCUT2D eigenvalue weighted by Crippen LogP contribution is -2.55. The zero-order valence-electron chi connectivity index (χ0n) is 28.5. The second-order valence-corrected chi connectivity index (χ2v) is 14.1. The number of nitrogens with one attached hydrogen (secondary N) is 1. The van der Waals surface area contributed by atoms with Gasteiger partial charge in [-0.15, -0.1) is 0 Å². The summed E-state index contributed by atoms with van der Waals surface area (Å²) < 4.78 is 116. The van der Waals surface area contributed by atoms with Crippen LogP contribution in [-0.2, 0) is 16.8 Å². The number of halogens is 9. The number of hydrogen-bond acceptors (Lipinski definition) is 8. The summed E-state index contributed by atoms with van der Waals surface area (Å²) >= 11 is 6.49. The molecule has 1 aliphatic carbocycles. The summed E-state index contributed by atoms with van der Waals surface area (Å²) in [4.78, 5) is 40.2. The van der Waals surface area contributed by atoms with E-state index in [9.17, 15) is 59.9 Å². The van der Waals surface area contributed by atoms with Crippen LogP contribution < -0.4 is 5.01 Å². The first-order valence-corrected chi connectivity index (χ1v) is 16.1. The van der Waals surface area contributed by atoms with Crippen LogP contribution >= 0.6 is 11.6 Å². The average molecular weight is 789 g/mol. The van der Waals surface area contributed by atoms with E-state index in [1.807, 2.05) is 0 Å². The molecule has 1 fully saturated rings. The van der Waals surface area contributed by atoms with Crippen LogP contribution in [0, 0.1) is 16.7 Å². The first kappa shape index (κ1) is 40.0. The van der Waals surface area contributed by atoms with Crippen LogP contribution in [0.4, 0.5) is 40.9 Å². The van der Waals surface area contributed by atoms with Gasteiger partial charge in [0.05, 0.1) is 27.8 Å². The molecule has 2 aromatic carbocycles. The molecule has 5 rings (SSSR count). The standard InChI is InChI=1S/C34H29ClF8N6O5/c1-30(2,3)29(54-28(53)18-7-5-17(6-8-18)27(51)52)49(31(16-44)11-12-31)26(50)21-13-19(9-10-22(21)35)20-14-47(4)48(15-20)25-23(33(38,39)40)24(45-46-25)32(36,37)34(41,42)43/h5-10,13,15,29H,11-12,14H2,1-4H3,(H,45,46)(H,51,52). The highest BCUT2D eigenvalue weighted by atomic mass is 35.5. The van der Waals surface area contributed by atoms with Crippen LogP contribution in [0.25, 0.3) is 5.57 Å². The summed E-state index contributed by atoms with van der Waals surface area (Å²) in [6.45, 7) is 4.66. The van der Waals surface area contributed by atoms with Gasteiger partial charge in [0.1, 0.15) is 16.8 Å². The SMILES string of the molecule is CN1CC(c2ccc(Cl)c(C(=O)N(C(OC(=O)c3ccc(C(=O)O)cc3)C(C)(C)C)C3(C#N)CC3)c2)=CN1c1n[nH]c(C(F)(F)C(F)(F)F)c1C(F)(F)F. The summed E-state index contributed by atoms with van der Waals surface area (Å²) in [5.41, 5.74) is -7.39. The Labute approximate surface area is 306 Å². The average Bonchev–Trinajstić information content (AvgIpc) is 3.54. The number of hydrogen-bond donors (Lipinski definition) is 2. The van der Waals surface area contributed by atoms with Crippen molar-refractivity contribution in [1.82, 2.24) is 20.1 Å². The number of hydrazine groups is 1. The molecule has 1 atom stereocenters. The molecule has 288 valence electrons. The Morgan fingerprint density at radius 2 is 1.61 bits per heavy atom. The number of nitriles is 1. The Kier molecular flexibility index (Phi) is 10.0. The fourth-order valence-corrected chi connectivity index (χ4v) is 5.94. The molecule has 0 bridgehead atoms. The molecule has 20 heteroatoms. The number of carbonyl (C=O) groups excluding carboxylic acids is 2. The Morgan fingerprint density at radius 3 is 2.11 bits per heavy atom. The second kappa shape index (κ2) is 13.6. The quantitative estimate of drug-likeness (QED) is 0.126. The maximum Gasteiger partial charge on any atom is 0.459 e. The molecule has 0 radical (unpaired) electrons. The molecule has 2 aliphatic rings. The van der Waals surface area contributed by atoms with Gasteiger partial charge < -0.3 is 9.84 Å². The van der Waals surface area contributed by atoms with Crippen molar-refractivity contribution < 1.29 is 59.4 Å². The van der Waals surface area contributed by atoms with E-state index >= 15 is 0 Å². The minimum Gasteiger partial charge on any atom is -0.478 e. The number of carboxylic acids is 1. The third-order valence-corrected chi connectivity index (χ3v) is 9.03. The van der Waals surface area contributed by atoms with E-state index in [4.69, 9.17) is 16.3 Å². The van der Waals surface area contributed by atoms with Gasteiger partial charge in [-0.1, -0.05) is 38.4 Å². The minimum absolute atomic E-state index is 0.0508. The smallest absolute Gasteiger partial charge is 0.459 e. The summed E-state index contributed by atoms with van der Waals surface area (Å²) in [6, 6.07) is 10.8. The van der Waals surface area contributed by atoms with Gasteiger partial charge in [0, 0.05) is 25.2 Å². The fraction of sp³-hybridized carbons (Fsp3) is 0.382. The van der Waals surface area contributed by atoms with Gasteiger partial charge in [-0.25, -0.2) is 14.6 Å². The maximum atomic E-state index is 14.5. The number of ether oxygens (including phenoxy) is 1.